The van der Waals surface area contributed by atoms with E-state index in [0.717, 1.165) is 25.8 Å². The van der Waals surface area contributed by atoms with Crippen LogP contribution in [0, 0.1) is 17.8 Å². The van der Waals surface area contributed by atoms with E-state index in [0.29, 0.717) is 43.7 Å². The number of hydrogen-bond donors (Lipinski definition) is 3. The summed E-state index contributed by atoms with van der Waals surface area (Å²) in [5.74, 6) is -0.555. The summed E-state index contributed by atoms with van der Waals surface area (Å²) in [5.41, 5.74) is 0. The fraction of sp³-hybridized carbons (Fsp3) is 0.882. The van der Waals surface area contributed by atoms with Gasteiger partial charge in [0.05, 0.1) is 0 Å². The summed E-state index contributed by atoms with van der Waals surface area (Å²) < 4.78 is 23.6. The Morgan fingerprint density at radius 1 is 1.19 bits per heavy atom. The van der Waals surface area contributed by atoms with Crippen LogP contribution in [0.3, 0.4) is 0 Å². The summed E-state index contributed by atoms with van der Waals surface area (Å²) in [7, 11) is 1.47. The van der Waals surface area contributed by atoms with Crippen molar-refractivity contribution in [3.63, 3.8) is 0 Å². The zero-order chi connectivity index (χ0) is 19.7. The SMILES string of the molecule is CN([C@H]1C[C@@H](C(=O)O)N(C[C@H]2CC[C@H]3CN[C@H](C(=O)O)C[C@H]3C2)C1)S(=O)[O-]. The number of carboxylic acid groups (broad SMARTS) is 2. The largest absolute Gasteiger partial charge is 0.760 e. The molecular formula is C17H28N3O6S-. The number of fused-ring (bicyclic) bond motifs is 1. The molecule has 154 valence electrons. The van der Waals surface area contributed by atoms with E-state index in [9.17, 15) is 28.6 Å². The molecule has 0 bridgehead atoms. The molecule has 3 N–H and O–H groups in total. The number of nitrogens with one attached hydrogen (secondary N) is 1. The van der Waals surface area contributed by atoms with Crippen molar-refractivity contribution < 1.29 is 28.6 Å². The predicted molar refractivity (Wildman–Crippen MR) is 96.4 cm³/mol. The number of aliphatic carboxylic acids is 2. The topological polar surface area (TPSA) is 133 Å². The summed E-state index contributed by atoms with van der Waals surface area (Å²) in [6.45, 7) is 1.78. The summed E-state index contributed by atoms with van der Waals surface area (Å²) in [4.78, 5) is 24.8. The predicted octanol–water partition coefficient (Wildman–Crippen LogP) is -0.281. The molecule has 3 aliphatic rings. The van der Waals surface area contributed by atoms with Crippen molar-refractivity contribution in [2.75, 3.05) is 26.7 Å². The van der Waals surface area contributed by atoms with Gasteiger partial charge in [-0.1, -0.05) is 0 Å². The molecule has 1 saturated carbocycles. The summed E-state index contributed by atoms with van der Waals surface area (Å²) in [6.07, 6.45) is 3.85. The zero-order valence-corrected chi connectivity index (χ0v) is 16.3. The molecule has 0 aromatic rings. The highest BCUT2D eigenvalue weighted by Gasteiger charge is 2.42. The van der Waals surface area contributed by atoms with Gasteiger partial charge in [-0.3, -0.25) is 18.7 Å². The third-order valence-corrected chi connectivity index (χ3v) is 7.39. The van der Waals surface area contributed by atoms with Crippen LogP contribution in [0.15, 0.2) is 0 Å². The molecule has 0 aromatic heterocycles. The van der Waals surface area contributed by atoms with E-state index >= 15 is 0 Å². The molecule has 2 heterocycles. The fourth-order valence-electron chi connectivity index (χ4n) is 5.07. The van der Waals surface area contributed by atoms with E-state index in [2.05, 4.69) is 5.32 Å². The number of likely N-dealkylation sites (N-methyl/N-ethyl adjacent to an activating group) is 1. The number of likely N-dealkylation sites (tertiary alicyclic amines) is 1. The highest BCUT2D eigenvalue weighted by Crippen LogP contribution is 2.39. The average molecular weight is 402 g/mol. The molecule has 2 aliphatic heterocycles. The zero-order valence-electron chi connectivity index (χ0n) is 15.5. The molecule has 1 aliphatic carbocycles. The summed E-state index contributed by atoms with van der Waals surface area (Å²) in [6, 6.07) is -1.48. The molecule has 7 atom stereocenters. The Hall–Kier alpha value is -1.07. The van der Waals surface area contributed by atoms with Gasteiger partial charge in [-0.15, -0.1) is 0 Å². The second-order valence-corrected chi connectivity index (χ2v) is 9.20. The van der Waals surface area contributed by atoms with Gasteiger partial charge in [0.1, 0.15) is 12.1 Å². The summed E-state index contributed by atoms with van der Waals surface area (Å²) >= 11 is -2.36. The first kappa shape index (κ1) is 20.7. The molecule has 2 saturated heterocycles. The maximum Gasteiger partial charge on any atom is 0.320 e. The number of carbonyl (C=O) groups is 2. The molecule has 0 aromatic carbocycles. The quantitative estimate of drug-likeness (QED) is 0.517. The van der Waals surface area contributed by atoms with Crippen LogP contribution in [0.25, 0.3) is 0 Å². The van der Waals surface area contributed by atoms with Gasteiger partial charge in [-0.05, 0) is 63.5 Å². The highest BCUT2D eigenvalue weighted by atomic mass is 32.2. The van der Waals surface area contributed by atoms with Gasteiger partial charge in [0, 0.05) is 30.4 Å². The van der Waals surface area contributed by atoms with E-state index in [4.69, 9.17) is 0 Å². The lowest BCUT2D eigenvalue weighted by Crippen LogP contribution is -2.50. The number of piperidine rings is 1. The smallest absolute Gasteiger partial charge is 0.320 e. The van der Waals surface area contributed by atoms with Crippen molar-refractivity contribution in [3.8, 4) is 0 Å². The van der Waals surface area contributed by atoms with E-state index in [-0.39, 0.29) is 6.04 Å². The van der Waals surface area contributed by atoms with E-state index in [1.165, 1.54) is 11.4 Å². The minimum absolute atomic E-state index is 0.295. The van der Waals surface area contributed by atoms with Gasteiger partial charge in [0.15, 0.2) is 0 Å². The number of nitrogens with zero attached hydrogens (tertiary/aromatic N) is 2. The molecule has 0 spiro atoms. The monoisotopic (exact) mass is 402 g/mol. The normalized spacial score (nSPS) is 38.5. The van der Waals surface area contributed by atoms with E-state index in [1.807, 2.05) is 4.90 Å². The minimum Gasteiger partial charge on any atom is -0.760 e. The molecular weight excluding hydrogens is 374 g/mol. The Morgan fingerprint density at radius 2 is 1.93 bits per heavy atom. The standard InChI is InChI=1S/C17H29N3O6S/c1-19(27(25)26)13-6-15(17(23)24)20(9-13)8-10-2-3-11-7-18-14(16(21)22)5-12(11)4-10/h10-15,18H,2-9H2,1H3,(H,21,22)(H,23,24)(H,25,26)/p-1/t10-,11-,12+,13-,14-,15-/m0/s1. The van der Waals surface area contributed by atoms with Crippen molar-refractivity contribution >= 4 is 23.2 Å². The van der Waals surface area contributed by atoms with Crippen molar-refractivity contribution in [1.82, 2.24) is 14.5 Å². The third-order valence-electron chi connectivity index (χ3n) is 6.62. The van der Waals surface area contributed by atoms with Crippen LogP contribution < -0.4 is 5.32 Å². The van der Waals surface area contributed by atoms with Crippen molar-refractivity contribution in [2.24, 2.45) is 17.8 Å². The Kier molecular flexibility index (Phi) is 6.52. The number of carboxylic acids is 2. The summed E-state index contributed by atoms with van der Waals surface area (Å²) in [5, 5.41) is 21.9. The third kappa shape index (κ3) is 4.68. The maximum atomic E-state index is 11.6. The van der Waals surface area contributed by atoms with Crippen molar-refractivity contribution in [1.29, 1.82) is 0 Å². The van der Waals surface area contributed by atoms with Gasteiger partial charge < -0.3 is 20.1 Å². The molecule has 0 radical (unpaired) electrons. The number of hydrogen-bond acceptors (Lipinski definition) is 6. The lowest BCUT2D eigenvalue weighted by atomic mass is 9.69. The minimum atomic E-state index is -2.36. The second kappa shape index (κ2) is 8.52. The lowest BCUT2D eigenvalue weighted by molar-refractivity contribution is -0.143. The molecule has 1 unspecified atom stereocenters. The Balaban J connectivity index is 1.61. The van der Waals surface area contributed by atoms with Crippen molar-refractivity contribution in [2.45, 2.75) is 50.2 Å². The van der Waals surface area contributed by atoms with Crippen LogP contribution in [-0.2, 0) is 20.9 Å². The Morgan fingerprint density at radius 3 is 2.56 bits per heavy atom. The van der Waals surface area contributed by atoms with Gasteiger partial charge in [0.25, 0.3) is 0 Å². The lowest BCUT2D eigenvalue weighted by Gasteiger charge is -2.42. The molecule has 10 heteroatoms. The number of rotatable bonds is 6. The second-order valence-electron chi connectivity index (χ2n) is 8.19. The van der Waals surface area contributed by atoms with Gasteiger partial charge in [-0.2, -0.15) is 0 Å². The molecule has 0 amide bonds. The highest BCUT2D eigenvalue weighted by molar-refractivity contribution is 7.76. The molecule has 9 nitrogen and oxygen atoms in total. The van der Waals surface area contributed by atoms with E-state index in [1.54, 1.807) is 0 Å². The van der Waals surface area contributed by atoms with Gasteiger partial charge in [0.2, 0.25) is 0 Å². The van der Waals surface area contributed by atoms with Crippen molar-refractivity contribution in [3.05, 3.63) is 0 Å². The van der Waals surface area contributed by atoms with Gasteiger partial charge in [-0.25, -0.2) is 4.31 Å². The first-order valence-corrected chi connectivity index (χ1v) is 10.5. The van der Waals surface area contributed by atoms with Crippen LogP contribution in [0.1, 0.15) is 32.1 Å². The van der Waals surface area contributed by atoms with Crippen LogP contribution in [0.5, 0.6) is 0 Å². The van der Waals surface area contributed by atoms with Crippen LogP contribution in [0.4, 0.5) is 0 Å². The molecule has 3 rings (SSSR count). The first-order chi connectivity index (χ1) is 12.8. The van der Waals surface area contributed by atoms with Crippen LogP contribution in [-0.4, -0.2) is 84.9 Å². The van der Waals surface area contributed by atoms with Crippen LogP contribution >= 0.6 is 0 Å². The molecule has 27 heavy (non-hydrogen) atoms. The Bertz CT molecular complexity index is 605. The Labute approximate surface area is 161 Å². The first-order valence-electron chi connectivity index (χ1n) is 9.51. The van der Waals surface area contributed by atoms with E-state index < -0.39 is 35.3 Å². The molecule has 3 fully saturated rings. The average Bonchev–Trinajstić information content (AvgIpc) is 3.04. The fourth-order valence-corrected chi connectivity index (χ4v) is 5.47. The van der Waals surface area contributed by atoms with Gasteiger partial charge >= 0.3 is 11.9 Å². The maximum absolute atomic E-state index is 11.6. The van der Waals surface area contributed by atoms with Crippen LogP contribution in [0.2, 0.25) is 0 Å².